The smallest absolute Gasteiger partial charge is 0.185 e. The molecule has 6 heteroatoms. The third-order valence-electron chi connectivity index (χ3n) is 4.16. The van der Waals surface area contributed by atoms with Crippen molar-refractivity contribution < 1.29 is 17.6 Å². The van der Waals surface area contributed by atoms with Crippen LogP contribution < -0.4 is 10.2 Å². The average molecular weight is 304 g/mol. The predicted octanol–water partition coefficient (Wildman–Crippen LogP) is 3.46. The Morgan fingerprint density at radius 3 is 2.43 bits per heavy atom. The maximum atomic E-state index is 13.9. The zero-order valence-electron chi connectivity index (χ0n) is 12.2. The van der Waals surface area contributed by atoms with Crippen molar-refractivity contribution in [3.63, 3.8) is 0 Å². The maximum Gasteiger partial charge on any atom is 0.185 e. The van der Waals surface area contributed by atoms with Gasteiger partial charge in [0.05, 0.1) is 0 Å². The van der Waals surface area contributed by atoms with Crippen molar-refractivity contribution in [2.45, 2.75) is 32.7 Å². The summed E-state index contributed by atoms with van der Waals surface area (Å²) < 4.78 is 54.6. The van der Waals surface area contributed by atoms with Gasteiger partial charge in [0.25, 0.3) is 0 Å². The molecule has 1 aliphatic heterocycles. The Bertz CT molecular complexity index is 481. The second-order valence-corrected chi connectivity index (χ2v) is 5.56. The van der Waals surface area contributed by atoms with Crippen LogP contribution in [0.2, 0.25) is 0 Å². The quantitative estimate of drug-likeness (QED) is 0.679. The molecule has 1 aromatic carbocycles. The van der Waals surface area contributed by atoms with Gasteiger partial charge >= 0.3 is 0 Å². The molecular weight excluding hydrogens is 284 g/mol. The lowest BCUT2D eigenvalue weighted by atomic mass is 9.98. The van der Waals surface area contributed by atoms with Gasteiger partial charge in [0, 0.05) is 25.2 Å². The summed E-state index contributed by atoms with van der Waals surface area (Å²) in [5.74, 6) is -5.06. The van der Waals surface area contributed by atoms with Crippen LogP contribution in [0.5, 0.6) is 0 Å². The molecule has 2 unspecified atom stereocenters. The van der Waals surface area contributed by atoms with Crippen molar-refractivity contribution in [2.75, 3.05) is 24.5 Å². The van der Waals surface area contributed by atoms with Crippen LogP contribution in [0.15, 0.2) is 6.07 Å². The van der Waals surface area contributed by atoms with Crippen LogP contribution in [-0.4, -0.2) is 25.7 Å². The van der Waals surface area contributed by atoms with Crippen molar-refractivity contribution in [1.29, 1.82) is 0 Å². The number of nitrogens with one attached hydrogen (secondary N) is 1. The number of hydrogen-bond acceptors (Lipinski definition) is 2. The van der Waals surface area contributed by atoms with E-state index >= 15 is 0 Å². The molecule has 2 rings (SSSR count). The van der Waals surface area contributed by atoms with Crippen molar-refractivity contribution in [2.24, 2.45) is 5.92 Å². The van der Waals surface area contributed by atoms with Crippen LogP contribution in [0.4, 0.5) is 23.2 Å². The number of anilines is 1. The first-order valence-corrected chi connectivity index (χ1v) is 7.27. The Labute approximate surface area is 122 Å². The van der Waals surface area contributed by atoms with Crippen LogP contribution in [-0.2, 0) is 0 Å². The number of rotatable bonds is 3. The van der Waals surface area contributed by atoms with Gasteiger partial charge in [-0.2, -0.15) is 0 Å². The van der Waals surface area contributed by atoms with Crippen LogP contribution in [0.1, 0.15) is 26.7 Å². The summed E-state index contributed by atoms with van der Waals surface area (Å²) in [6, 6.07) is 0.277. The maximum absolute atomic E-state index is 13.9. The second kappa shape index (κ2) is 6.64. The van der Waals surface area contributed by atoms with Crippen LogP contribution in [0, 0.1) is 29.2 Å². The molecule has 21 heavy (non-hydrogen) atoms. The molecule has 0 bridgehead atoms. The fourth-order valence-corrected chi connectivity index (χ4v) is 2.66. The predicted molar refractivity (Wildman–Crippen MR) is 74.3 cm³/mol. The van der Waals surface area contributed by atoms with Crippen molar-refractivity contribution >= 4 is 5.69 Å². The van der Waals surface area contributed by atoms with E-state index in [2.05, 4.69) is 5.32 Å². The van der Waals surface area contributed by atoms with Gasteiger partial charge in [0.1, 0.15) is 5.69 Å². The fourth-order valence-electron chi connectivity index (χ4n) is 2.66. The van der Waals surface area contributed by atoms with E-state index in [1.54, 1.807) is 0 Å². The molecule has 0 aromatic heterocycles. The highest BCUT2D eigenvalue weighted by molar-refractivity contribution is 5.50. The summed E-state index contributed by atoms with van der Waals surface area (Å²) in [5.41, 5.74) is -0.593. The van der Waals surface area contributed by atoms with Gasteiger partial charge in [-0.25, -0.2) is 17.6 Å². The number of hydrogen-bond donors (Lipinski definition) is 1. The van der Waals surface area contributed by atoms with E-state index in [1.807, 2.05) is 13.8 Å². The SMILES string of the molecule is CCC(C)C1CN(c2c(F)c(F)cc(F)c2F)CCCN1. The van der Waals surface area contributed by atoms with Gasteiger partial charge in [-0.05, 0) is 18.9 Å². The van der Waals surface area contributed by atoms with E-state index in [1.165, 1.54) is 4.90 Å². The van der Waals surface area contributed by atoms with E-state index in [9.17, 15) is 17.6 Å². The first kappa shape index (κ1) is 16.1. The molecule has 1 N–H and O–H groups in total. The third-order valence-corrected chi connectivity index (χ3v) is 4.16. The lowest BCUT2D eigenvalue weighted by molar-refractivity contribution is 0.380. The van der Waals surface area contributed by atoms with Crippen LogP contribution in [0.25, 0.3) is 0 Å². The Hall–Kier alpha value is -1.30. The zero-order valence-corrected chi connectivity index (χ0v) is 12.2. The van der Waals surface area contributed by atoms with Crippen LogP contribution in [0.3, 0.4) is 0 Å². The highest BCUT2D eigenvalue weighted by Crippen LogP contribution is 2.29. The molecule has 2 atom stereocenters. The average Bonchev–Trinajstić information content (AvgIpc) is 2.71. The molecule has 1 aromatic rings. The molecule has 1 fully saturated rings. The van der Waals surface area contributed by atoms with Gasteiger partial charge in [-0.1, -0.05) is 20.3 Å². The number of benzene rings is 1. The molecule has 0 amide bonds. The number of nitrogens with zero attached hydrogens (tertiary/aromatic N) is 1. The fraction of sp³-hybridized carbons (Fsp3) is 0.600. The summed E-state index contributed by atoms with van der Waals surface area (Å²) in [7, 11) is 0. The summed E-state index contributed by atoms with van der Waals surface area (Å²) in [6.45, 7) is 5.47. The lowest BCUT2D eigenvalue weighted by Gasteiger charge is -2.30. The van der Waals surface area contributed by atoms with Gasteiger partial charge < -0.3 is 10.2 Å². The lowest BCUT2D eigenvalue weighted by Crippen LogP contribution is -2.42. The molecule has 0 aliphatic carbocycles. The molecule has 1 saturated heterocycles. The minimum absolute atomic E-state index is 0.0302. The van der Waals surface area contributed by atoms with Crippen LogP contribution >= 0.6 is 0 Å². The second-order valence-electron chi connectivity index (χ2n) is 5.56. The standard InChI is InChI=1S/C15H20F4N2/c1-3-9(2)12-8-21(6-4-5-20-12)15-13(18)10(16)7-11(17)14(15)19/h7,9,12,20H,3-6,8H2,1-2H3. The molecule has 2 nitrogen and oxygen atoms in total. The van der Waals surface area contributed by atoms with E-state index in [0.717, 1.165) is 6.42 Å². The highest BCUT2D eigenvalue weighted by Gasteiger charge is 2.28. The molecule has 118 valence electrons. The van der Waals surface area contributed by atoms with E-state index < -0.39 is 29.0 Å². The Kier molecular flexibility index (Phi) is 5.08. The van der Waals surface area contributed by atoms with Gasteiger partial charge in [-0.15, -0.1) is 0 Å². The van der Waals surface area contributed by atoms with Crippen molar-refractivity contribution in [3.05, 3.63) is 29.3 Å². The molecule has 0 saturated carbocycles. The molecular formula is C15H20F4N2. The van der Waals surface area contributed by atoms with Crippen molar-refractivity contribution in [3.8, 4) is 0 Å². The summed E-state index contributed by atoms with van der Waals surface area (Å²) in [6.07, 6.45) is 1.57. The third kappa shape index (κ3) is 3.31. The largest absolute Gasteiger partial charge is 0.365 e. The van der Waals surface area contributed by atoms with E-state index in [-0.39, 0.29) is 12.1 Å². The van der Waals surface area contributed by atoms with Gasteiger partial charge in [-0.3, -0.25) is 0 Å². The summed E-state index contributed by atoms with van der Waals surface area (Å²) in [4.78, 5) is 1.41. The zero-order chi connectivity index (χ0) is 15.6. The molecule has 0 radical (unpaired) electrons. The molecule has 1 heterocycles. The topological polar surface area (TPSA) is 15.3 Å². The van der Waals surface area contributed by atoms with Gasteiger partial charge in [0.15, 0.2) is 23.3 Å². The Morgan fingerprint density at radius 2 is 1.86 bits per heavy atom. The first-order chi connectivity index (χ1) is 9.95. The van der Waals surface area contributed by atoms with Gasteiger partial charge in [0.2, 0.25) is 0 Å². The Morgan fingerprint density at radius 1 is 1.24 bits per heavy atom. The monoisotopic (exact) mass is 304 g/mol. The number of halogens is 4. The first-order valence-electron chi connectivity index (χ1n) is 7.27. The molecule has 1 aliphatic rings. The molecule has 0 spiro atoms. The Balaban J connectivity index is 2.36. The summed E-state index contributed by atoms with van der Waals surface area (Å²) >= 11 is 0. The van der Waals surface area contributed by atoms with E-state index in [0.29, 0.717) is 32.0 Å². The normalized spacial score (nSPS) is 21.2. The highest BCUT2D eigenvalue weighted by atomic mass is 19.2. The minimum Gasteiger partial charge on any atom is -0.365 e. The van der Waals surface area contributed by atoms with E-state index in [4.69, 9.17) is 0 Å². The summed E-state index contributed by atoms with van der Waals surface area (Å²) in [5, 5.41) is 3.33. The van der Waals surface area contributed by atoms with Crippen molar-refractivity contribution in [1.82, 2.24) is 5.32 Å². The minimum atomic E-state index is -1.36.